The summed E-state index contributed by atoms with van der Waals surface area (Å²) in [5.41, 5.74) is 3.92. The van der Waals surface area contributed by atoms with Crippen molar-refractivity contribution >= 4 is 11.6 Å². The fraction of sp³-hybridized carbons (Fsp3) is 0.400. The predicted octanol–water partition coefficient (Wildman–Crippen LogP) is 2.93. The molecule has 0 spiro atoms. The summed E-state index contributed by atoms with van der Waals surface area (Å²) < 4.78 is 0. The first-order chi connectivity index (χ1) is 11.7. The number of rotatable bonds is 6. The molecule has 1 amide bonds. The number of pyridine rings is 1. The third-order valence-corrected chi connectivity index (χ3v) is 4.71. The molecule has 2 heterocycles. The largest absolute Gasteiger partial charge is 0.371 e. The average Bonchev–Trinajstić information content (AvgIpc) is 2.65. The topological polar surface area (TPSA) is 36.4 Å². The quantitative estimate of drug-likeness (QED) is 0.820. The smallest absolute Gasteiger partial charge is 0.224 e. The molecule has 126 valence electrons. The summed E-state index contributed by atoms with van der Waals surface area (Å²) in [6.07, 6.45) is 7.35. The number of aromatic nitrogens is 1. The summed E-state index contributed by atoms with van der Waals surface area (Å²) in [6, 6.07) is 12.6. The van der Waals surface area contributed by atoms with Crippen LogP contribution in [0.5, 0.6) is 0 Å². The Morgan fingerprint density at radius 2 is 2.00 bits per heavy atom. The van der Waals surface area contributed by atoms with Gasteiger partial charge in [-0.05, 0) is 48.6 Å². The molecule has 1 aliphatic rings. The molecule has 0 saturated heterocycles. The fourth-order valence-corrected chi connectivity index (χ4v) is 3.24. The number of para-hydroxylation sites is 1. The highest BCUT2D eigenvalue weighted by atomic mass is 16.2. The standard InChI is InChI=1S/C20H25N3O/c1-22(15-10-17-8-12-21-13-9-17)20(24)11-16-23-14-4-6-18-5-2-3-7-19(18)23/h2-3,5,7-9,12-13H,4,6,10-11,14-16H2,1H3. The Bertz CT molecular complexity index is 672. The van der Waals surface area contributed by atoms with E-state index in [1.807, 2.05) is 24.1 Å². The highest BCUT2D eigenvalue weighted by molar-refractivity contribution is 5.76. The second-order valence-corrected chi connectivity index (χ2v) is 6.39. The maximum atomic E-state index is 12.4. The molecule has 0 aliphatic carbocycles. The summed E-state index contributed by atoms with van der Waals surface area (Å²) in [5.74, 6) is 0.215. The van der Waals surface area contributed by atoms with Crippen molar-refractivity contribution in [2.45, 2.75) is 25.7 Å². The lowest BCUT2D eigenvalue weighted by molar-refractivity contribution is -0.129. The van der Waals surface area contributed by atoms with E-state index in [1.54, 1.807) is 12.4 Å². The molecule has 4 nitrogen and oxygen atoms in total. The van der Waals surface area contributed by atoms with Crippen molar-refractivity contribution in [1.82, 2.24) is 9.88 Å². The minimum absolute atomic E-state index is 0.215. The molecule has 0 N–H and O–H groups in total. The second-order valence-electron chi connectivity index (χ2n) is 6.39. The minimum Gasteiger partial charge on any atom is -0.371 e. The number of carbonyl (C=O) groups excluding carboxylic acids is 1. The van der Waals surface area contributed by atoms with Crippen LogP contribution in [-0.2, 0) is 17.6 Å². The maximum Gasteiger partial charge on any atom is 0.224 e. The van der Waals surface area contributed by atoms with E-state index < -0.39 is 0 Å². The van der Waals surface area contributed by atoms with Gasteiger partial charge in [0.15, 0.2) is 0 Å². The van der Waals surface area contributed by atoms with Gasteiger partial charge >= 0.3 is 0 Å². The molecule has 2 aromatic rings. The molecule has 0 atom stereocenters. The Morgan fingerprint density at radius 1 is 1.21 bits per heavy atom. The molecule has 0 bridgehead atoms. The molecular formula is C20H25N3O. The molecule has 1 aromatic heterocycles. The number of anilines is 1. The van der Waals surface area contributed by atoms with Crippen LogP contribution >= 0.6 is 0 Å². The summed E-state index contributed by atoms with van der Waals surface area (Å²) in [5, 5.41) is 0. The fourth-order valence-electron chi connectivity index (χ4n) is 3.24. The second kappa shape index (κ2) is 7.95. The molecular weight excluding hydrogens is 298 g/mol. The summed E-state index contributed by atoms with van der Waals surface area (Å²) in [7, 11) is 1.90. The zero-order valence-corrected chi connectivity index (χ0v) is 14.3. The Morgan fingerprint density at radius 3 is 2.83 bits per heavy atom. The van der Waals surface area contributed by atoms with Crippen LogP contribution in [0.25, 0.3) is 0 Å². The van der Waals surface area contributed by atoms with Crippen molar-refractivity contribution in [2.75, 3.05) is 31.6 Å². The Kier molecular flexibility index (Phi) is 5.47. The first-order valence-electron chi connectivity index (χ1n) is 8.70. The Labute approximate surface area is 144 Å². The lowest BCUT2D eigenvalue weighted by Crippen LogP contribution is -2.35. The normalized spacial score (nSPS) is 13.5. The van der Waals surface area contributed by atoms with Gasteiger partial charge in [0.25, 0.3) is 0 Å². The van der Waals surface area contributed by atoms with Crippen LogP contribution in [0.3, 0.4) is 0 Å². The number of amides is 1. The van der Waals surface area contributed by atoms with Crippen molar-refractivity contribution in [2.24, 2.45) is 0 Å². The average molecular weight is 323 g/mol. The highest BCUT2D eigenvalue weighted by Gasteiger charge is 2.17. The van der Waals surface area contributed by atoms with Gasteiger partial charge in [-0.2, -0.15) is 0 Å². The number of fused-ring (bicyclic) bond motifs is 1. The number of aryl methyl sites for hydroxylation is 1. The third kappa shape index (κ3) is 4.13. The number of likely N-dealkylation sites (N-methyl/N-ethyl adjacent to an activating group) is 1. The van der Waals surface area contributed by atoms with Gasteiger partial charge in [0.2, 0.25) is 5.91 Å². The van der Waals surface area contributed by atoms with E-state index >= 15 is 0 Å². The van der Waals surface area contributed by atoms with Crippen molar-refractivity contribution < 1.29 is 4.79 Å². The van der Waals surface area contributed by atoms with Crippen molar-refractivity contribution in [1.29, 1.82) is 0 Å². The number of hydrogen-bond acceptors (Lipinski definition) is 3. The van der Waals surface area contributed by atoms with Crippen LogP contribution < -0.4 is 4.90 Å². The van der Waals surface area contributed by atoms with Gasteiger partial charge in [0, 0.05) is 51.2 Å². The molecule has 1 aromatic carbocycles. The summed E-state index contributed by atoms with van der Waals surface area (Å²) in [6.45, 7) is 2.60. The maximum absolute atomic E-state index is 12.4. The SMILES string of the molecule is CN(CCc1ccncc1)C(=O)CCN1CCCc2ccccc21. The predicted molar refractivity (Wildman–Crippen MR) is 97.2 cm³/mol. The molecule has 0 fully saturated rings. The Balaban J connectivity index is 1.49. The Hall–Kier alpha value is -2.36. The molecule has 1 aliphatic heterocycles. The van der Waals surface area contributed by atoms with E-state index in [9.17, 15) is 4.79 Å². The van der Waals surface area contributed by atoms with Gasteiger partial charge in [-0.15, -0.1) is 0 Å². The van der Waals surface area contributed by atoms with E-state index in [1.165, 1.54) is 23.2 Å². The van der Waals surface area contributed by atoms with Crippen LogP contribution in [0.4, 0.5) is 5.69 Å². The van der Waals surface area contributed by atoms with E-state index in [0.29, 0.717) is 6.42 Å². The zero-order valence-electron chi connectivity index (χ0n) is 14.3. The van der Waals surface area contributed by atoms with Gasteiger partial charge in [-0.3, -0.25) is 9.78 Å². The van der Waals surface area contributed by atoms with Crippen LogP contribution in [0, 0.1) is 0 Å². The molecule has 0 saturated carbocycles. The monoisotopic (exact) mass is 323 g/mol. The first kappa shape index (κ1) is 16.5. The minimum atomic E-state index is 0.215. The van der Waals surface area contributed by atoms with Gasteiger partial charge in [-0.25, -0.2) is 0 Å². The zero-order chi connectivity index (χ0) is 16.8. The van der Waals surface area contributed by atoms with E-state index in [0.717, 1.165) is 32.5 Å². The van der Waals surface area contributed by atoms with E-state index in [4.69, 9.17) is 0 Å². The molecule has 3 rings (SSSR count). The van der Waals surface area contributed by atoms with Crippen LogP contribution in [0.15, 0.2) is 48.8 Å². The number of nitrogens with zero attached hydrogens (tertiary/aromatic N) is 3. The molecule has 0 unspecified atom stereocenters. The van der Waals surface area contributed by atoms with Crippen molar-refractivity contribution in [3.63, 3.8) is 0 Å². The van der Waals surface area contributed by atoms with E-state index in [-0.39, 0.29) is 5.91 Å². The number of benzene rings is 1. The van der Waals surface area contributed by atoms with Crippen LogP contribution in [0.2, 0.25) is 0 Å². The van der Waals surface area contributed by atoms with Gasteiger partial charge in [0.05, 0.1) is 0 Å². The highest BCUT2D eigenvalue weighted by Crippen LogP contribution is 2.26. The molecule has 4 heteroatoms. The summed E-state index contributed by atoms with van der Waals surface area (Å²) >= 11 is 0. The third-order valence-electron chi connectivity index (χ3n) is 4.71. The summed E-state index contributed by atoms with van der Waals surface area (Å²) in [4.78, 5) is 20.6. The van der Waals surface area contributed by atoms with Gasteiger partial charge in [-0.1, -0.05) is 18.2 Å². The lowest BCUT2D eigenvalue weighted by Gasteiger charge is -2.31. The van der Waals surface area contributed by atoms with Gasteiger partial charge < -0.3 is 9.80 Å². The van der Waals surface area contributed by atoms with E-state index in [2.05, 4.69) is 34.1 Å². The van der Waals surface area contributed by atoms with Crippen molar-refractivity contribution in [3.8, 4) is 0 Å². The first-order valence-corrected chi connectivity index (χ1v) is 8.70. The van der Waals surface area contributed by atoms with Crippen LogP contribution in [-0.4, -0.2) is 42.5 Å². The number of hydrogen-bond donors (Lipinski definition) is 0. The lowest BCUT2D eigenvalue weighted by atomic mass is 10.0. The molecule has 24 heavy (non-hydrogen) atoms. The van der Waals surface area contributed by atoms with Crippen LogP contribution in [0.1, 0.15) is 24.0 Å². The van der Waals surface area contributed by atoms with Crippen molar-refractivity contribution in [3.05, 3.63) is 59.9 Å². The van der Waals surface area contributed by atoms with Gasteiger partial charge in [0.1, 0.15) is 0 Å². The molecule has 0 radical (unpaired) electrons. The number of carbonyl (C=O) groups is 1.